The van der Waals surface area contributed by atoms with Crippen LogP contribution in [0.25, 0.3) is 0 Å². The molecule has 13 heavy (non-hydrogen) atoms. The molecule has 0 radical (unpaired) electrons. The summed E-state index contributed by atoms with van der Waals surface area (Å²) in [5.41, 5.74) is 9.41. The fourth-order valence-corrected chi connectivity index (χ4v) is 3.09. The zero-order valence-corrected chi connectivity index (χ0v) is 8.97. The Bertz CT molecular complexity index is 374. The van der Waals surface area contributed by atoms with E-state index >= 15 is 0 Å². The summed E-state index contributed by atoms with van der Waals surface area (Å²) in [5.74, 6) is 0. The maximum absolute atomic E-state index is 6.00. The van der Waals surface area contributed by atoms with E-state index in [0.717, 1.165) is 0 Å². The highest BCUT2D eigenvalue weighted by Crippen LogP contribution is 2.55. The van der Waals surface area contributed by atoms with Gasteiger partial charge in [0.05, 0.1) is 0 Å². The lowest BCUT2D eigenvalue weighted by molar-refractivity contribution is 0.651. The molecule has 2 aliphatic rings. The Kier molecular flexibility index (Phi) is 1.46. The molecule has 0 aromatic heterocycles. The predicted molar refractivity (Wildman–Crippen MR) is 56.7 cm³/mol. The average Bonchev–Trinajstić information content (AvgIpc) is 2.59. The van der Waals surface area contributed by atoms with Gasteiger partial charge in [0.25, 0.3) is 0 Å². The van der Waals surface area contributed by atoms with Gasteiger partial charge in [0, 0.05) is 15.9 Å². The van der Waals surface area contributed by atoms with Crippen molar-refractivity contribution in [1.82, 2.24) is 0 Å². The van der Waals surface area contributed by atoms with E-state index < -0.39 is 0 Å². The van der Waals surface area contributed by atoms with Crippen LogP contribution in [0.2, 0.25) is 0 Å². The van der Waals surface area contributed by atoms with E-state index in [4.69, 9.17) is 5.73 Å². The zero-order valence-electron chi connectivity index (χ0n) is 7.39. The van der Waals surface area contributed by atoms with Crippen LogP contribution in [0.15, 0.2) is 22.7 Å². The first-order valence-electron chi connectivity index (χ1n) is 4.77. The summed E-state index contributed by atoms with van der Waals surface area (Å²) in [4.78, 5) is 0. The first kappa shape index (κ1) is 8.01. The fourth-order valence-electron chi connectivity index (χ4n) is 2.68. The Balaban J connectivity index is 2.13. The minimum absolute atomic E-state index is 0.385. The molecule has 0 saturated heterocycles. The van der Waals surface area contributed by atoms with E-state index in [2.05, 4.69) is 34.1 Å². The lowest BCUT2D eigenvalue weighted by Gasteiger charge is -2.08. The number of aryl methyl sites for hydroxylation is 1. The molecule has 2 unspecified atom stereocenters. The van der Waals surface area contributed by atoms with Gasteiger partial charge in [-0.05, 0) is 42.5 Å². The number of benzene rings is 1. The summed E-state index contributed by atoms with van der Waals surface area (Å²) in [6, 6.07) is 7.06. The fraction of sp³-hybridized carbons (Fsp3) is 0.455. The summed E-state index contributed by atoms with van der Waals surface area (Å²) < 4.78 is 1.19. The van der Waals surface area contributed by atoms with E-state index in [0.29, 0.717) is 11.5 Å². The van der Waals surface area contributed by atoms with Crippen molar-refractivity contribution in [2.75, 3.05) is 0 Å². The Labute approximate surface area is 86.5 Å². The Morgan fingerprint density at radius 2 is 2.23 bits per heavy atom. The Morgan fingerprint density at radius 3 is 2.92 bits per heavy atom. The number of hydrogen-bond acceptors (Lipinski definition) is 1. The highest BCUT2D eigenvalue weighted by atomic mass is 79.9. The van der Waals surface area contributed by atoms with Gasteiger partial charge in [0.15, 0.2) is 0 Å². The first-order chi connectivity index (χ1) is 6.22. The van der Waals surface area contributed by atoms with E-state index in [1.807, 2.05) is 0 Å². The zero-order chi connectivity index (χ0) is 9.05. The van der Waals surface area contributed by atoms with Crippen molar-refractivity contribution in [3.8, 4) is 0 Å². The molecule has 1 nitrogen and oxygen atoms in total. The molecule has 1 aromatic rings. The Hall–Kier alpha value is -0.340. The van der Waals surface area contributed by atoms with E-state index in [1.54, 1.807) is 0 Å². The van der Waals surface area contributed by atoms with Gasteiger partial charge in [0.1, 0.15) is 0 Å². The van der Waals surface area contributed by atoms with Crippen molar-refractivity contribution >= 4 is 15.9 Å². The summed E-state index contributed by atoms with van der Waals surface area (Å²) in [5, 5.41) is 0. The minimum Gasteiger partial charge on any atom is -0.327 e. The Morgan fingerprint density at radius 1 is 1.46 bits per heavy atom. The summed E-state index contributed by atoms with van der Waals surface area (Å²) >= 11 is 3.51. The molecule has 3 rings (SSSR count). The summed E-state index contributed by atoms with van der Waals surface area (Å²) in [7, 11) is 0. The first-order valence-corrected chi connectivity index (χ1v) is 5.56. The lowest BCUT2D eigenvalue weighted by Crippen LogP contribution is -2.14. The van der Waals surface area contributed by atoms with Gasteiger partial charge in [-0.15, -0.1) is 0 Å². The molecule has 1 spiro atoms. The molecule has 0 amide bonds. The molecule has 68 valence electrons. The van der Waals surface area contributed by atoms with Crippen LogP contribution in [0.1, 0.15) is 24.0 Å². The molecule has 2 heteroatoms. The van der Waals surface area contributed by atoms with Crippen LogP contribution in [0.5, 0.6) is 0 Å². The molecule has 2 aliphatic carbocycles. The molecule has 0 bridgehead atoms. The minimum atomic E-state index is 0.385. The van der Waals surface area contributed by atoms with Crippen molar-refractivity contribution in [3.63, 3.8) is 0 Å². The second kappa shape index (κ2) is 2.37. The third kappa shape index (κ3) is 0.960. The van der Waals surface area contributed by atoms with Crippen molar-refractivity contribution in [2.24, 2.45) is 5.73 Å². The maximum Gasteiger partial charge on any atom is 0.0178 e. The van der Waals surface area contributed by atoms with Gasteiger partial charge in [-0.1, -0.05) is 22.0 Å². The molecule has 1 saturated carbocycles. The maximum atomic E-state index is 6.00. The standard InChI is InChI=1S/C11H12BrN/c12-8-1-2-9-7(5-8)3-4-11(9)6-10(11)13/h1-2,5,10H,3-4,6,13H2. The van der Waals surface area contributed by atoms with Crippen LogP contribution >= 0.6 is 15.9 Å². The molecular weight excluding hydrogens is 226 g/mol. The van der Waals surface area contributed by atoms with Crippen molar-refractivity contribution in [3.05, 3.63) is 33.8 Å². The largest absolute Gasteiger partial charge is 0.327 e. The van der Waals surface area contributed by atoms with Crippen LogP contribution in [0.4, 0.5) is 0 Å². The molecule has 1 aromatic carbocycles. The second-order valence-corrected chi connectivity index (χ2v) is 5.18. The topological polar surface area (TPSA) is 26.0 Å². The predicted octanol–water partition coefficient (Wildman–Crippen LogP) is 2.36. The molecule has 0 heterocycles. The van der Waals surface area contributed by atoms with E-state index in [9.17, 15) is 0 Å². The quantitative estimate of drug-likeness (QED) is 0.737. The second-order valence-electron chi connectivity index (χ2n) is 4.27. The van der Waals surface area contributed by atoms with Crippen molar-refractivity contribution in [1.29, 1.82) is 0 Å². The number of fused-ring (bicyclic) bond motifs is 2. The van der Waals surface area contributed by atoms with Gasteiger partial charge in [0.2, 0.25) is 0 Å². The highest BCUT2D eigenvalue weighted by Gasteiger charge is 2.55. The molecule has 1 fully saturated rings. The number of hydrogen-bond donors (Lipinski definition) is 1. The van der Waals surface area contributed by atoms with Crippen LogP contribution in [0, 0.1) is 0 Å². The van der Waals surface area contributed by atoms with Gasteiger partial charge in [-0.2, -0.15) is 0 Å². The molecular formula is C11H12BrN. The normalized spacial score (nSPS) is 35.1. The summed E-state index contributed by atoms with van der Waals surface area (Å²) in [6.07, 6.45) is 3.67. The van der Waals surface area contributed by atoms with Gasteiger partial charge < -0.3 is 5.73 Å². The van der Waals surface area contributed by atoms with Crippen molar-refractivity contribution < 1.29 is 0 Å². The lowest BCUT2D eigenvalue weighted by atomic mass is 9.98. The summed E-state index contributed by atoms with van der Waals surface area (Å²) in [6.45, 7) is 0. The van der Waals surface area contributed by atoms with Crippen LogP contribution in [-0.4, -0.2) is 6.04 Å². The SMILES string of the molecule is NC1CC12CCc1cc(Br)ccc12. The van der Waals surface area contributed by atoms with Crippen LogP contribution in [0.3, 0.4) is 0 Å². The number of rotatable bonds is 0. The molecule has 2 atom stereocenters. The van der Waals surface area contributed by atoms with E-state index in [1.165, 1.54) is 34.9 Å². The molecule has 2 N–H and O–H groups in total. The third-order valence-corrected chi connectivity index (χ3v) is 4.07. The van der Waals surface area contributed by atoms with Crippen LogP contribution in [-0.2, 0) is 11.8 Å². The molecule has 0 aliphatic heterocycles. The van der Waals surface area contributed by atoms with Gasteiger partial charge >= 0.3 is 0 Å². The van der Waals surface area contributed by atoms with Crippen LogP contribution < -0.4 is 5.73 Å². The van der Waals surface area contributed by atoms with E-state index in [-0.39, 0.29) is 0 Å². The van der Waals surface area contributed by atoms with Crippen molar-refractivity contribution in [2.45, 2.75) is 30.7 Å². The van der Waals surface area contributed by atoms with Gasteiger partial charge in [-0.25, -0.2) is 0 Å². The monoisotopic (exact) mass is 237 g/mol. The average molecular weight is 238 g/mol. The number of nitrogens with two attached hydrogens (primary N) is 1. The number of halogens is 1. The third-order valence-electron chi connectivity index (χ3n) is 3.58. The smallest absolute Gasteiger partial charge is 0.0178 e. The highest BCUT2D eigenvalue weighted by molar-refractivity contribution is 9.10. The van der Waals surface area contributed by atoms with Gasteiger partial charge in [-0.3, -0.25) is 0 Å².